The topological polar surface area (TPSA) is 83.7 Å². The maximum Gasteiger partial charge on any atom is 0.387 e. The first kappa shape index (κ1) is 18.3. The van der Waals surface area contributed by atoms with Crippen LogP contribution in [0.5, 0.6) is 11.5 Å². The Morgan fingerprint density at radius 1 is 1.15 bits per heavy atom. The van der Waals surface area contributed by atoms with E-state index >= 15 is 0 Å². The molecule has 1 aromatic heterocycles. The summed E-state index contributed by atoms with van der Waals surface area (Å²) in [6.45, 7) is -3.17. The summed E-state index contributed by atoms with van der Waals surface area (Å²) in [5.41, 5.74) is 0.803. The van der Waals surface area contributed by atoms with Crippen LogP contribution in [0.2, 0.25) is 0 Å². The molecule has 0 spiro atoms. The van der Waals surface area contributed by atoms with Gasteiger partial charge in [-0.05, 0) is 36.4 Å². The highest BCUT2D eigenvalue weighted by molar-refractivity contribution is 5.89. The number of rotatable bonds is 7. The zero-order valence-corrected chi connectivity index (χ0v) is 14.1. The van der Waals surface area contributed by atoms with Crippen molar-refractivity contribution in [2.75, 3.05) is 7.11 Å². The molecule has 7 nitrogen and oxygen atoms in total. The van der Waals surface area contributed by atoms with E-state index in [0.29, 0.717) is 17.1 Å². The van der Waals surface area contributed by atoms with Crippen molar-refractivity contribution in [3.63, 3.8) is 0 Å². The Morgan fingerprint density at radius 2 is 1.89 bits per heavy atom. The van der Waals surface area contributed by atoms with Crippen molar-refractivity contribution in [2.24, 2.45) is 0 Å². The molecular formula is C18H14F2N2O5. The van der Waals surface area contributed by atoms with Gasteiger partial charge >= 0.3 is 12.6 Å². The van der Waals surface area contributed by atoms with Gasteiger partial charge in [-0.1, -0.05) is 17.3 Å². The fourth-order valence-corrected chi connectivity index (χ4v) is 2.24. The normalized spacial score (nSPS) is 10.7. The molecule has 2 aromatic carbocycles. The number of halogens is 2. The van der Waals surface area contributed by atoms with E-state index in [1.54, 1.807) is 18.2 Å². The van der Waals surface area contributed by atoms with E-state index < -0.39 is 12.6 Å². The molecule has 0 atom stereocenters. The zero-order valence-electron chi connectivity index (χ0n) is 14.1. The quantitative estimate of drug-likeness (QED) is 0.581. The van der Waals surface area contributed by atoms with Gasteiger partial charge in [0.2, 0.25) is 5.82 Å². The number of alkyl halides is 2. The van der Waals surface area contributed by atoms with Crippen molar-refractivity contribution in [1.29, 1.82) is 0 Å². The van der Waals surface area contributed by atoms with E-state index in [-0.39, 0.29) is 23.8 Å². The number of hydrogen-bond acceptors (Lipinski definition) is 7. The minimum absolute atomic E-state index is 0.0556. The third-order valence-electron chi connectivity index (χ3n) is 3.46. The highest BCUT2D eigenvalue weighted by atomic mass is 19.3. The monoisotopic (exact) mass is 376 g/mol. The lowest BCUT2D eigenvalue weighted by Gasteiger charge is -2.05. The number of para-hydroxylation sites is 1. The maximum absolute atomic E-state index is 12.1. The highest BCUT2D eigenvalue weighted by Crippen LogP contribution is 2.27. The Morgan fingerprint density at radius 3 is 2.59 bits per heavy atom. The average molecular weight is 376 g/mol. The molecule has 0 bridgehead atoms. The predicted octanol–water partition coefficient (Wildman–Crippen LogP) is 3.70. The molecule has 140 valence electrons. The predicted molar refractivity (Wildman–Crippen MR) is 88.5 cm³/mol. The number of ether oxygens (including phenoxy) is 3. The molecule has 0 amide bonds. The van der Waals surface area contributed by atoms with Gasteiger partial charge in [0.15, 0.2) is 6.61 Å². The summed E-state index contributed by atoms with van der Waals surface area (Å²) in [5.74, 6) is 0.248. The van der Waals surface area contributed by atoms with E-state index in [9.17, 15) is 13.6 Å². The van der Waals surface area contributed by atoms with Crippen molar-refractivity contribution in [3.8, 4) is 22.9 Å². The van der Waals surface area contributed by atoms with Crippen LogP contribution in [0.15, 0.2) is 53.1 Å². The number of aromatic nitrogens is 2. The van der Waals surface area contributed by atoms with Crippen LogP contribution in [0.3, 0.4) is 0 Å². The van der Waals surface area contributed by atoms with Crippen molar-refractivity contribution >= 4 is 5.97 Å². The molecule has 0 aliphatic rings. The van der Waals surface area contributed by atoms with E-state index in [4.69, 9.17) is 14.0 Å². The summed E-state index contributed by atoms with van der Waals surface area (Å²) in [5, 5.41) is 3.84. The number of carbonyl (C=O) groups is 1. The van der Waals surface area contributed by atoms with Crippen LogP contribution in [-0.2, 0) is 11.3 Å². The first-order valence-corrected chi connectivity index (χ1v) is 7.75. The highest BCUT2D eigenvalue weighted by Gasteiger charge is 2.15. The summed E-state index contributed by atoms with van der Waals surface area (Å²) in [6, 6.07) is 12.3. The Balaban J connectivity index is 1.62. The molecule has 0 radical (unpaired) electrons. The smallest absolute Gasteiger partial charge is 0.387 e. The lowest BCUT2D eigenvalue weighted by Crippen LogP contribution is -2.06. The minimum Gasteiger partial charge on any atom is -0.496 e. The maximum atomic E-state index is 12.1. The molecule has 3 rings (SSSR count). The Bertz CT molecular complexity index is 912. The second-order valence-corrected chi connectivity index (χ2v) is 5.19. The molecule has 27 heavy (non-hydrogen) atoms. The third-order valence-corrected chi connectivity index (χ3v) is 3.46. The number of esters is 1. The number of hydrogen-bond donors (Lipinski definition) is 0. The van der Waals surface area contributed by atoms with E-state index in [1.807, 2.05) is 6.07 Å². The Labute approximate surface area is 152 Å². The molecule has 0 aliphatic carbocycles. The van der Waals surface area contributed by atoms with Crippen LogP contribution in [0.4, 0.5) is 8.78 Å². The number of methoxy groups -OCH3 is 1. The number of carbonyl (C=O) groups excluding carboxylic acids is 1. The summed E-state index contributed by atoms with van der Waals surface area (Å²) in [7, 11) is 1.53. The molecule has 0 N–H and O–H groups in total. The fourth-order valence-electron chi connectivity index (χ4n) is 2.24. The van der Waals surface area contributed by atoms with Gasteiger partial charge in [-0.3, -0.25) is 0 Å². The Kier molecular flexibility index (Phi) is 5.60. The summed E-state index contributed by atoms with van der Waals surface area (Å²) >= 11 is 0. The first-order chi connectivity index (χ1) is 13.1. The second kappa shape index (κ2) is 8.26. The molecule has 3 aromatic rings. The fraction of sp³-hybridized carbons (Fsp3) is 0.167. The molecule has 0 unspecified atom stereocenters. The summed E-state index contributed by atoms with van der Waals surface area (Å²) in [4.78, 5) is 16.2. The molecular weight excluding hydrogens is 362 g/mol. The van der Waals surface area contributed by atoms with E-state index in [2.05, 4.69) is 14.9 Å². The summed E-state index contributed by atoms with van der Waals surface area (Å²) in [6.07, 6.45) is 0. The van der Waals surface area contributed by atoms with Crippen LogP contribution in [0.1, 0.15) is 16.2 Å². The van der Waals surface area contributed by atoms with Crippen molar-refractivity contribution < 1.29 is 32.3 Å². The van der Waals surface area contributed by atoms with Gasteiger partial charge in [0.25, 0.3) is 5.89 Å². The number of nitrogens with zero attached hydrogens (tertiary/aromatic N) is 2. The molecule has 0 fully saturated rings. The lowest BCUT2D eigenvalue weighted by atomic mass is 10.2. The largest absolute Gasteiger partial charge is 0.496 e. The van der Waals surface area contributed by atoms with Gasteiger partial charge in [-0.2, -0.15) is 13.8 Å². The molecule has 9 heteroatoms. The standard InChI is InChI=1S/C18H14F2N2O5/c1-24-14-5-3-2-4-13(14)16-21-15(27-22-16)10-25-17(23)11-6-8-12(9-7-11)26-18(19)20/h2-9,18H,10H2,1H3. The van der Waals surface area contributed by atoms with Gasteiger partial charge in [0.1, 0.15) is 11.5 Å². The van der Waals surface area contributed by atoms with E-state index in [1.165, 1.54) is 31.4 Å². The van der Waals surface area contributed by atoms with Gasteiger partial charge in [-0.15, -0.1) is 0 Å². The zero-order chi connectivity index (χ0) is 19.2. The van der Waals surface area contributed by atoms with Crippen molar-refractivity contribution in [1.82, 2.24) is 10.1 Å². The third kappa shape index (κ3) is 4.57. The second-order valence-electron chi connectivity index (χ2n) is 5.19. The number of benzene rings is 2. The molecule has 0 saturated carbocycles. The first-order valence-electron chi connectivity index (χ1n) is 7.75. The van der Waals surface area contributed by atoms with Gasteiger partial charge < -0.3 is 18.7 Å². The van der Waals surface area contributed by atoms with E-state index in [0.717, 1.165) is 0 Å². The summed E-state index contributed by atoms with van der Waals surface area (Å²) < 4.78 is 43.8. The average Bonchev–Trinajstić information content (AvgIpc) is 3.15. The molecule has 0 saturated heterocycles. The van der Waals surface area contributed by atoms with Crippen LogP contribution >= 0.6 is 0 Å². The van der Waals surface area contributed by atoms with Crippen LogP contribution in [-0.4, -0.2) is 29.8 Å². The minimum atomic E-state index is -2.93. The molecule has 1 heterocycles. The Hall–Kier alpha value is -3.49. The van der Waals surface area contributed by atoms with Gasteiger partial charge in [0, 0.05) is 0 Å². The lowest BCUT2D eigenvalue weighted by molar-refractivity contribution is -0.0498. The SMILES string of the molecule is COc1ccccc1-c1noc(COC(=O)c2ccc(OC(F)F)cc2)n1. The molecule has 0 aliphatic heterocycles. The van der Waals surface area contributed by atoms with Crippen LogP contribution in [0, 0.1) is 0 Å². The van der Waals surface area contributed by atoms with Crippen LogP contribution in [0.25, 0.3) is 11.4 Å². The van der Waals surface area contributed by atoms with Crippen molar-refractivity contribution in [2.45, 2.75) is 13.2 Å². The van der Waals surface area contributed by atoms with Gasteiger partial charge in [0.05, 0.1) is 18.2 Å². The van der Waals surface area contributed by atoms with Gasteiger partial charge in [-0.25, -0.2) is 4.79 Å². The van der Waals surface area contributed by atoms with Crippen molar-refractivity contribution in [3.05, 3.63) is 60.0 Å². The van der Waals surface area contributed by atoms with Crippen LogP contribution < -0.4 is 9.47 Å².